The summed E-state index contributed by atoms with van der Waals surface area (Å²) < 4.78 is 16.7. The third-order valence-electron chi connectivity index (χ3n) is 10.8. The molecule has 0 radical (unpaired) electrons. The SMILES string of the molecule is CC/C=C\C/C=C\C/C=C\CCCCC(=O)OCC(COC(=O)CCCCCCC/C=C\CCCCCCCCC)OC(=O)CCCCCCCCCCCCCCC. The predicted molar refractivity (Wildman–Crippen MR) is 252 cm³/mol. The molecule has 0 aromatic carbocycles. The zero-order chi connectivity index (χ0) is 43.0. The van der Waals surface area contributed by atoms with Crippen molar-refractivity contribution in [3.63, 3.8) is 0 Å². The first-order chi connectivity index (χ1) is 29.0. The van der Waals surface area contributed by atoms with E-state index in [-0.39, 0.29) is 31.1 Å². The van der Waals surface area contributed by atoms with Crippen LogP contribution in [0.3, 0.4) is 0 Å². The standard InChI is InChI=1S/C53H94O6/c1-4-7-10-13-16-19-22-25-26-27-29-31-34-37-40-43-46-52(55)58-49-50(48-57-51(54)45-42-39-36-33-30-24-21-18-15-12-9-6-3)59-53(56)47-44-41-38-35-32-28-23-20-17-14-11-8-5-2/h9,12,18,21,26-27,30,33,50H,4-8,10-11,13-17,19-20,22-25,28-29,31-32,34-49H2,1-3H3/b12-9-,21-18-,27-26-,33-30-. The summed E-state index contributed by atoms with van der Waals surface area (Å²) in [6.07, 6.45) is 56.7. The molecule has 0 aromatic rings. The van der Waals surface area contributed by atoms with Crippen molar-refractivity contribution in [1.29, 1.82) is 0 Å². The van der Waals surface area contributed by atoms with Crippen LogP contribution in [0.2, 0.25) is 0 Å². The van der Waals surface area contributed by atoms with E-state index in [4.69, 9.17) is 14.2 Å². The van der Waals surface area contributed by atoms with Crippen LogP contribution < -0.4 is 0 Å². The summed E-state index contributed by atoms with van der Waals surface area (Å²) in [7, 11) is 0. The van der Waals surface area contributed by atoms with Gasteiger partial charge in [0.25, 0.3) is 0 Å². The van der Waals surface area contributed by atoms with Crippen LogP contribution in [0.5, 0.6) is 0 Å². The lowest BCUT2D eigenvalue weighted by molar-refractivity contribution is -0.167. The summed E-state index contributed by atoms with van der Waals surface area (Å²) in [4.78, 5) is 37.9. The van der Waals surface area contributed by atoms with E-state index >= 15 is 0 Å². The second-order valence-electron chi connectivity index (χ2n) is 16.7. The molecule has 1 unspecified atom stereocenters. The van der Waals surface area contributed by atoms with Gasteiger partial charge in [0.15, 0.2) is 6.10 Å². The topological polar surface area (TPSA) is 78.9 Å². The lowest BCUT2D eigenvalue weighted by Gasteiger charge is -2.18. The van der Waals surface area contributed by atoms with Gasteiger partial charge in [0.05, 0.1) is 0 Å². The maximum absolute atomic E-state index is 12.8. The first-order valence-corrected chi connectivity index (χ1v) is 25.1. The Morgan fingerprint density at radius 2 is 0.661 bits per heavy atom. The average molecular weight is 827 g/mol. The van der Waals surface area contributed by atoms with E-state index in [0.717, 1.165) is 83.5 Å². The number of rotatable bonds is 45. The Hall–Kier alpha value is -2.63. The van der Waals surface area contributed by atoms with E-state index in [9.17, 15) is 14.4 Å². The molecule has 6 nitrogen and oxygen atoms in total. The van der Waals surface area contributed by atoms with E-state index in [1.165, 1.54) is 128 Å². The molecule has 0 fully saturated rings. The highest BCUT2D eigenvalue weighted by atomic mass is 16.6. The summed E-state index contributed by atoms with van der Waals surface area (Å²) in [5.41, 5.74) is 0. The van der Waals surface area contributed by atoms with Crippen LogP contribution in [-0.4, -0.2) is 37.2 Å². The molecule has 0 N–H and O–H groups in total. The van der Waals surface area contributed by atoms with Gasteiger partial charge in [-0.3, -0.25) is 14.4 Å². The summed E-state index contributed by atoms with van der Waals surface area (Å²) >= 11 is 0. The summed E-state index contributed by atoms with van der Waals surface area (Å²) in [5, 5.41) is 0. The molecule has 59 heavy (non-hydrogen) atoms. The second kappa shape index (κ2) is 48.0. The van der Waals surface area contributed by atoms with Gasteiger partial charge in [-0.25, -0.2) is 0 Å². The molecule has 0 aliphatic heterocycles. The zero-order valence-corrected chi connectivity index (χ0v) is 39.0. The van der Waals surface area contributed by atoms with Crippen LogP contribution in [0.1, 0.15) is 252 Å². The van der Waals surface area contributed by atoms with Crippen LogP contribution >= 0.6 is 0 Å². The fraction of sp³-hybridized carbons (Fsp3) is 0.792. The Labute approximate surface area is 365 Å². The maximum atomic E-state index is 12.8. The first-order valence-electron chi connectivity index (χ1n) is 25.1. The van der Waals surface area contributed by atoms with Gasteiger partial charge in [0.2, 0.25) is 0 Å². The molecule has 1 atom stereocenters. The molecule has 0 aromatic heterocycles. The highest BCUT2D eigenvalue weighted by molar-refractivity contribution is 5.71. The molecule has 0 spiro atoms. The minimum absolute atomic E-state index is 0.0875. The van der Waals surface area contributed by atoms with Crippen LogP contribution in [0.4, 0.5) is 0 Å². The molecular formula is C53H94O6. The van der Waals surface area contributed by atoms with E-state index in [1.807, 2.05) is 0 Å². The van der Waals surface area contributed by atoms with Crippen molar-refractivity contribution in [3.8, 4) is 0 Å². The number of carbonyl (C=O) groups is 3. The number of allylic oxidation sites excluding steroid dienone is 8. The number of unbranched alkanes of at least 4 members (excludes halogenated alkanes) is 26. The smallest absolute Gasteiger partial charge is 0.306 e. The molecule has 0 aliphatic carbocycles. The normalized spacial score (nSPS) is 12.4. The highest BCUT2D eigenvalue weighted by Crippen LogP contribution is 2.15. The number of hydrogen-bond donors (Lipinski definition) is 0. The average Bonchev–Trinajstić information content (AvgIpc) is 3.23. The third kappa shape index (κ3) is 46.3. The van der Waals surface area contributed by atoms with Crippen LogP contribution in [0.25, 0.3) is 0 Å². The molecular weight excluding hydrogens is 733 g/mol. The highest BCUT2D eigenvalue weighted by Gasteiger charge is 2.19. The summed E-state index contributed by atoms with van der Waals surface area (Å²) in [6, 6.07) is 0. The van der Waals surface area contributed by atoms with Crippen molar-refractivity contribution in [2.75, 3.05) is 13.2 Å². The Morgan fingerprint density at radius 3 is 1.08 bits per heavy atom. The van der Waals surface area contributed by atoms with Gasteiger partial charge in [-0.05, 0) is 77.0 Å². The van der Waals surface area contributed by atoms with Crippen molar-refractivity contribution in [2.45, 2.75) is 258 Å². The van der Waals surface area contributed by atoms with Crippen molar-refractivity contribution in [3.05, 3.63) is 48.6 Å². The fourth-order valence-electron chi connectivity index (χ4n) is 7.04. The lowest BCUT2D eigenvalue weighted by Crippen LogP contribution is -2.30. The summed E-state index contributed by atoms with van der Waals surface area (Å²) in [5.74, 6) is -0.930. The Morgan fingerprint density at radius 1 is 0.356 bits per heavy atom. The molecule has 0 bridgehead atoms. The monoisotopic (exact) mass is 827 g/mol. The Bertz CT molecular complexity index is 1040. The molecule has 342 valence electrons. The number of carbonyl (C=O) groups excluding carboxylic acids is 3. The zero-order valence-electron chi connectivity index (χ0n) is 39.0. The van der Waals surface area contributed by atoms with E-state index in [1.54, 1.807) is 0 Å². The van der Waals surface area contributed by atoms with Crippen LogP contribution in [-0.2, 0) is 28.6 Å². The van der Waals surface area contributed by atoms with Crippen molar-refractivity contribution < 1.29 is 28.6 Å². The minimum atomic E-state index is -0.787. The Balaban J connectivity index is 4.40. The number of ether oxygens (including phenoxy) is 3. The van der Waals surface area contributed by atoms with Gasteiger partial charge < -0.3 is 14.2 Å². The second-order valence-corrected chi connectivity index (χ2v) is 16.7. The molecule has 0 rings (SSSR count). The molecule has 0 saturated carbocycles. The predicted octanol–water partition coefficient (Wildman–Crippen LogP) is 16.3. The molecule has 0 aliphatic rings. The Kier molecular flexibility index (Phi) is 45.9. The fourth-order valence-corrected chi connectivity index (χ4v) is 7.04. The quantitative estimate of drug-likeness (QED) is 0.0263. The van der Waals surface area contributed by atoms with Crippen molar-refractivity contribution in [1.82, 2.24) is 0 Å². The van der Waals surface area contributed by atoms with Crippen LogP contribution in [0, 0.1) is 0 Å². The first kappa shape index (κ1) is 56.4. The van der Waals surface area contributed by atoms with Gasteiger partial charge in [-0.15, -0.1) is 0 Å². The minimum Gasteiger partial charge on any atom is -0.462 e. The van der Waals surface area contributed by atoms with Gasteiger partial charge in [-0.2, -0.15) is 0 Å². The lowest BCUT2D eigenvalue weighted by atomic mass is 10.0. The maximum Gasteiger partial charge on any atom is 0.306 e. The van der Waals surface area contributed by atoms with Crippen LogP contribution in [0.15, 0.2) is 48.6 Å². The molecule has 0 saturated heterocycles. The molecule has 0 amide bonds. The van der Waals surface area contributed by atoms with Crippen molar-refractivity contribution >= 4 is 17.9 Å². The number of hydrogen-bond acceptors (Lipinski definition) is 6. The molecule has 0 heterocycles. The van der Waals surface area contributed by atoms with Crippen molar-refractivity contribution in [2.24, 2.45) is 0 Å². The van der Waals surface area contributed by atoms with Gasteiger partial charge >= 0.3 is 17.9 Å². The summed E-state index contributed by atoms with van der Waals surface area (Å²) in [6.45, 7) is 6.48. The van der Waals surface area contributed by atoms with E-state index in [2.05, 4.69) is 69.4 Å². The molecule has 6 heteroatoms. The largest absolute Gasteiger partial charge is 0.462 e. The van der Waals surface area contributed by atoms with Gasteiger partial charge in [0.1, 0.15) is 13.2 Å². The van der Waals surface area contributed by atoms with E-state index < -0.39 is 6.10 Å². The van der Waals surface area contributed by atoms with E-state index in [0.29, 0.717) is 19.3 Å². The number of esters is 3. The third-order valence-corrected chi connectivity index (χ3v) is 10.8. The van der Waals surface area contributed by atoms with Gasteiger partial charge in [-0.1, -0.05) is 204 Å². The van der Waals surface area contributed by atoms with Gasteiger partial charge in [0, 0.05) is 19.3 Å².